The van der Waals surface area contributed by atoms with Gasteiger partial charge in [-0.05, 0) is 61.7 Å². The fourth-order valence-electron chi connectivity index (χ4n) is 3.12. The van der Waals surface area contributed by atoms with Gasteiger partial charge in [0.05, 0.1) is 12.3 Å². The molecule has 1 saturated heterocycles. The van der Waals surface area contributed by atoms with Crippen LogP contribution in [0.25, 0.3) is 6.08 Å². The smallest absolute Gasteiger partial charge is 0.335 e. The van der Waals surface area contributed by atoms with E-state index in [0.29, 0.717) is 29.4 Å². The molecular formula is C24H22N2O5. The Bertz CT molecular complexity index is 1130. The van der Waals surface area contributed by atoms with E-state index in [4.69, 9.17) is 15.9 Å². The Morgan fingerprint density at radius 1 is 1.06 bits per heavy atom. The molecule has 0 atom stereocenters. The lowest BCUT2D eigenvalue weighted by Crippen LogP contribution is -2.54. The summed E-state index contributed by atoms with van der Waals surface area (Å²) in [4.78, 5) is 39.0. The summed E-state index contributed by atoms with van der Waals surface area (Å²) in [5.41, 5.74) is 2.41. The Kier molecular flexibility index (Phi) is 6.41. The van der Waals surface area contributed by atoms with E-state index < -0.39 is 17.8 Å². The molecule has 2 aromatic rings. The molecule has 158 valence electrons. The molecule has 0 radical (unpaired) electrons. The van der Waals surface area contributed by atoms with E-state index >= 15 is 0 Å². The molecule has 31 heavy (non-hydrogen) atoms. The maximum atomic E-state index is 13.1. The minimum Gasteiger partial charge on any atom is -0.490 e. The second-order valence-electron chi connectivity index (χ2n) is 6.88. The number of barbiturate groups is 1. The number of carbonyl (C=O) groups is 3. The lowest BCUT2D eigenvalue weighted by molar-refractivity contribution is -0.122. The highest BCUT2D eigenvalue weighted by Crippen LogP contribution is 2.31. The van der Waals surface area contributed by atoms with Crippen molar-refractivity contribution in [3.8, 4) is 23.8 Å². The Morgan fingerprint density at radius 2 is 1.84 bits per heavy atom. The van der Waals surface area contributed by atoms with Crippen molar-refractivity contribution >= 4 is 29.6 Å². The third kappa shape index (κ3) is 4.59. The molecule has 0 aliphatic carbocycles. The third-order valence-electron chi connectivity index (χ3n) is 4.60. The zero-order chi connectivity index (χ0) is 22.5. The number of nitrogens with zero attached hydrogens (tertiary/aromatic N) is 1. The van der Waals surface area contributed by atoms with Gasteiger partial charge in [-0.3, -0.25) is 14.9 Å². The van der Waals surface area contributed by atoms with Crippen LogP contribution in [0.3, 0.4) is 0 Å². The Morgan fingerprint density at radius 3 is 2.55 bits per heavy atom. The summed E-state index contributed by atoms with van der Waals surface area (Å²) in [5, 5.41) is 2.24. The molecular weight excluding hydrogens is 396 g/mol. The van der Waals surface area contributed by atoms with Crippen LogP contribution in [0.1, 0.15) is 23.6 Å². The molecule has 4 amide bonds. The largest absolute Gasteiger partial charge is 0.490 e. The van der Waals surface area contributed by atoms with Crippen LogP contribution >= 0.6 is 0 Å². The van der Waals surface area contributed by atoms with E-state index in [-0.39, 0.29) is 12.2 Å². The number of benzene rings is 2. The van der Waals surface area contributed by atoms with Gasteiger partial charge in [-0.25, -0.2) is 9.69 Å². The molecule has 0 saturated carbocycles. The van der Waals surface area contributed by atoms with Crippen LogP contribution in [-0.4, -0.2) is 31.1 Å². The van der Waals surface area contributed by atoms with E-state index in [2.05, 4.69) is 11.2 Å². The number of rotatable bonds is 6. The summed E-state index contributed by atoms with van der Waals surface area (Å²) < 4.78 is 11.0. The van der Waals surface area contributed by atoms with Crippen molar-refractivity contribution in [2.45, 2.75) is 20.8 Å². The minimum atomic E-state index is -0.783. The van der Waals surface area contributed by atoms with Crippen molar-refractivity contribution in [2.75, 3.05) is 18.1 Å². The molecule has 0 spiro atoms. The number of ether oxygens (including phenoxy) is 2. The number of hydrogen-bond donors (Lipinski definition) is 1. The van der Waals surface area contributed by atoms with Gasteiger partial charge in [-0.15, -0.1) is 6.42 Å². The van der Waals surface area contributed by atoms with Crippen molar-refractivity contribution in [1.29, 1.82) is 0 Å². The van der Waals surface area contributed by atoms with Crippen LogP contribution in [0, 0.1) is 26.2 Å². The maximum absolute atomic E-state index is 13.1. The van der Waals surface area contributed by atoms with E-state index in [1.54, 1.807) is 31.2 Å². The summed E-state index contributed by atoms with van der Waals surface area (Å²) in [7, 11) is 0. The van der Waals surface area contributed by atoms with Crippen molar-refractivity contribution in [1.82, 2.24) is 5.32 Å². The number of carbonyl (C=O) groups excluding carboxylic acids is 3. The first-order valence-corrected chi connectivity index (χ1v) is 9.67. The molecule has 7 heteroatoms. The summed E-state index contributed by atoms with van der Waals surface area (Å²) in [6, 6.07) is 9.59. The lowest BCUT2D eigenvalue weighted by atomic mass is 10.0. The van der Waals surface area contributed by atoms with Crippen molar-refractivity contribution < 1.29 is 23.9 Å². The minimum absolute atomic E-state index is 0.0777. The highest BCUT2D eigenvalue weighted by molar-refractivity contribution is 6.39. The zero-order valence-corrected chi connectivity index (χ0v) is 17.5. The summed E-state index contributed by atoms with van der Waals surface area (Å²) in [6.45, 7) is 5.94. The van der Waals surface area contributed by atoms with Gasteiger partial charge >= 0.3 is 6.03 Å². The second-order valence-corrected chi connectivity index (χ2v) is 6.88. The first-order chi connectivity index (χ1) is 14.8. The predicted octanol–water partition coefficient (Wildman–Crippen LogP) is 3.38. The molecule has 2 aromatic carbocycles. The number of urea groups is 1. The lowest BCUT2D eigenvalue weighted by Gasteiger charge is -2.27. The Balaban J connectivity index is 2.01. The van der Waals surface area contributed by atoms with Gasteiger partial charge in [-0.2, -0.15) is 0 Å². The normalized spacial score (nSPS) is 15.0. The van der Waals surface area contributed by atoms with Crippen molar-refractivity contribution in [2.24, 2.45) is 0 Å². The van der Waals surface area contributed by atoms with E-state index in [0.717, 1.165) is 16.0 Å². The van der Waals surface area contributed by atoms with Crippen LogP contribution in [0.2, 0.25) is 0 Å². The first-order valence-electron chi connectivity index (χ1n) is 9.67. The first kappa shape index (κ1) is 21.7. The fourth-order valence-corrected chi connectivity index (χ4v) is 3.12. The van der Waals surface area contributed by atoms with Crippen LogP contribution in [0.15, 0.2) is 42.0 Å². The second kappa shape index (κ2) is 9.18. The molecule has 3 rings (SSSR count). The van der Waals surface area contributed by atoms with Crippen molar-refractivity contribution in [3.63, 3.8) is 0 Å². The SMILES string of the molecule is C#CCOc1ccc(/C=C2\C(=O)NC(=O)N(c3cc(C)ccc3C)C2=O)cc1OCC. The van der Waals surface area contributed by atoms with E-state index in [9.17, 15) is 14.4 Å². The van der Waals surface area contributed by atoms with Gasteiger partial charge < -0.3 is 9.47 Å². The molecule has 7 nitrogen and oxygen atoms in total. The average Bonchev–Trinajstić information content (AvgIpc) is 2.73. The Hall–Kier alpha value is -4.05. The van der Waals surface area contributed by atoms with E-state index in [1.165, 1.54) is 6.08 Å². The third-order valence-corrected chi connectivity index (χ3v) is 4.60. The maximum Gasteiger partial charge on any atom is 0.335 e. The molecule has 1 N–H and O–H groups in total. The number of imide groups is 2. The number of hydrogen-bond acceptors (Lipinski definition) is 5. The van der Waals surface area contributed by atoms with Crippen molar-refractivity contribution in [3.05, 3.63) is 58.7 Å². The zero-order valence-electron chi connectivity index (χ0n) is 17.5. The molecule has 0 bridgehead atoms. The fraction of sp³-hybridized carbons (Fsp3) is 0.208. The number of amides is 4. The Labute approximate surface area is 180 Å². The molecule has 0 aromatic heterocycles. The quantitative estimate of drug-likeness (QED) is 0.442. The van der Waals surface area contributed by atoms with Gasteiger partial charge in [0.25, 0.3) is 11.8 Å². The molecule has 1 heterocycles. The highest BCUT2D eigenvalue weighted by atomic mass is 16.5. The van der Waals surface area contributed by atoms with Gasteiger partial charge in [0, 0.05) is 0 Å². The van der Waals surface area contributed by atoms with Crippen LogP contribution in [0.5, 0.6) is 11.5 Å². The summed E-state index contributed by atoms with van der Waals surface area (Å²) >= 11 is 0. The predicted molar refractivity (Wildman–Crippen MR) is 117 cm³/mol. The van der Waals surface area contributed by atoms with Gasteiger partial charge in [0.1, 0.15) is 12.2 Å². The monoisotopic (exact) mass is 418 g/mol. The summed E-state index contributed by atoms with van der Waals surface area (Å²) in [6.07, 6.45) is 6.65. The molecule has 1 aliphatic rings. The molecule has 1 aliphatic heterocycles. The standard InChI is InChI=1S/C24H22N2O5/c1-5-11-31-20-10-9-17(14-21(20)30-6-2)13-18-22(27)25-24(29)26(23(18)28)19-12-15(3)7-8-16(19)4/h1,7-10,12-14H,6,11H2,2-4H3,(H,25,27,29)/b18-13+. The van der Waals surface area contributed by atoms with Gasteiger partial charge in [-0.1, -0.05) is 24.1 Å². The van der Waals surface area contributed by atoms with Crippen LogP contribution in [-0.2, 0) is 9.59 Å². The number of anilines is 1. The summed E-state index contributed by atoms with van der Waals surface area (Å²) in [5.74, 6) is 1.80. The number of terminal acetylenes is 1. The average molecular weight is 418 g/mol. The van der Waals surface area contributed by atoms with Crippen LogP contribution < -0.4 is 19.7 Å². The number of nitrogens with one attached hydrogen (secondary N) is 1. The number of aryl methyl sites for hydroxylation is 2. The highest BCUT2D eigenvalue weighted by Gasteiger charge is 2.37. The van der Waals surface area contributed by atoms with Gasteiger partial charge in [0.2, 0.25) is 0 Å². The molecule has 0 unspecified atom stereocenters. The molecule has 1 fully saturated rings. The van der Waals surface area contributed by atoms with E-state index in [1.807, 2.05) is 26.0 Å². The van der Waals surface area contributed by atoms with Crippen LogP contribution in [0.4, 0.5) is 10.5 Å². The topological polar surface area (TPSA) is 84.9 Å². The van der Waals surface area contributed by atoms with Gasteiger partial charge in [0.15, 0.2) is 11.5 Å².